The highest BCUT2D eigenvalue weighted by atomic mass is 79.9. The molecule has 1 N–H and O–H groups in total. The number of anilines is 1. The molecule has 2 aromatic rings. The second kappa shape index (κ2) is 5.37. The van der Waals surface area contributed by atoms with Gasteiger partial charge in [0.2, 0.25) is 0 Å². The minimum absolute atomic E-state index is 0.727. The van der Waals surface area contributed by atoms with Gasteiger partial charge >= 0.3 is 0 Å². The summed E-state index contributed by atoms with van der Waals surface area (Å²) in [4.78, 5) is 0. The monoisotopic (exact) mass is 295 g/mol. The van der Waals surface area contributed by atoms with Gasteiger partial charge in [0.1, 0.15) is 0 Å². The van der Waals surface area contributed by atoms with Crippen LogP contribution in [0.2, 0.25) is 5.02 Å². The van der Waals surface area contributed by atoms with Crippen molar-refractivity contribution in [1.29, 1.82) is 0 Å². The summed E-state index contributed by atoms with van der Waals surface area (Å²) in [5.41, 5.74) is 2.31. The first-order chi connectivity index (χ1) is 7.75. The second-order valence-corrected chi connectivity index (χ2v) is 4.73. The number of benzene rings is 2. The lowest BCUT2D eigenvalue weighted by Crippen LogP contribution is -1.98. The van der Waals surface area contributed by atoms with E-state index in [0.717, 1.165) is 21.7 Å². The minimum Gasteiger partial charge on any atom is -0.381 e. The zero-order chi connectivity index (χ0) is 11.4. The van der Waals surface area contributed by atoms with Gasteiger partial charge < -0.3 is 5.32 Å². The Kier molecular flexibility index (Phi) is 3.86. The molecule has 0 saturated carbocycles. The van der Waals surface area contributed by atoms with Crippen molar-refractivity contribution in [1.82, 2.24) is 0 Å². The zero-order valence-electron chi connectivity index (χ0n) is 8.58. The molecule has 0 unspecified atom stereocenters. The Hall–Kier alpha value is -0.990. The largest absolute Gasteiger partial charge is 0.381 e. The van der Waals surface area contributed by atoms with Gasteiger partial charge in [0, 0.05) is 16.7 Å². The predicted molar refractivity (Wildman–Crippen MR) is 72.9 cm³/mol. The van der Waals surface area contributed by atoms with Crippen LogP contribution in [0.3, 0.4) is 0 Å². The van der Waals surface area contributed by atoms with Crippen molar-refractivity contribution in [3.05, 3.63) is 63.6 Å². The van der Waals surface area contributed by atoms with E-state index in [9.17, 15) is 0 Å². The molecule has 2 rings (SSSR count). The summed E-state index contributed by atoms with van der Waals surface area (Å²) in [6, 6.07) is 16.1. The van der Waals surface area contributed by atoms with Crippen LogP contribution in [0.1, 0.15) is 5.56 Å². The van der Waals surface area contributed by atoms with Crippen molar-refractivity contribution in [3.63, 3.8) is 0 Å². The molecule has 0 radical (unpaired) electrons. The van der Waals surface area contributed by atoms with Gasteiger partial charge in [-0.15, -0.1) is 0 Å². The lowest BCUT2D eigenvalue weighted by molar-refractivity contribution is 1.15. The van der Waals surface area contributed by atoms with Crippen LogP contribution in [-0.4, -0.2) is 0 Å². The molecule has 0 fully saturated rings. The van der Waals surface area contributed by atoms with Gasteiger partial charge in [0.05, 0.1) is 5.02 Å². The number of hydrogen-bond donors (Lipinski definition) is 1. The zero-order valence-corrected chi connectivity index (χ0v) is 10.9. The summed E-state index contributed by atoms with van der Waals surface area (Å²) >= 11 is 9.32. The summed E-state index contributed by atoms with van der Waals surface area (Å²) in [6.07, 6.45) is 0. The molecule has 82 valence electrons. The van der Waals surface area contributed by atoms with E-state index in [0.29, 0.717) is 0 Å². The van der Waals surface area contributed by atoms with Crippen molar-refractivity contribution in [2.45, 2.75) is 6.54 Å². The quantitative estimate of drug-likeness (QED) is 0.864. The van der Waals surface area contributed by atoms with E-state index in [1.807, 2.05) is 36.4 Å². The van der Waals surface area contributed by atoms with E-state index in [1.165, 1.54) is 5.56 Å². The Bertz CT molecular complexity index is 471. The van der Waals surface area contributed by atoms with Gasteiger partial charge in [0.15, 0.2) is 0 Å². The molecule has 0 aromatic heterocycles. The van der Waals surface area contributed by atoms with E-state index in [4.69, 9.17) is 11.6 Å². The number of nitrogens with one attached hydrogen (secondary N) is 1. The average molecular weight is 297 g/mol. The minimum atomic E-state index is 0.727. The van der Waals surface area contributed by atoms with Gasteiger partial charge in [-0.05, 0) is 39.7 Å². The van der Waals surface area contributed by atoms with E-state index >= 15 is 0 Å². The van der Waals surface area contributed by atoms with Gasteiger partial charge in [-0.3, -0.25) is 0 Å². The summed E-state index contributed by atoms with van der Waals surface area (Å²) in [5.74, 6) is 0. The molecule has 0 spiro atoms. The first kappa shape index (κ1) is 11.5. The molecule has 0 aliphatic rings. The van der Waals surface area contributed by atoms with Gasteiger partial charge in [-0.25, -0.2) is 0 Å². The highest BCUT2D eigenvalue weighted by Crippen LogP contribution is 2.25. The summed E-state index contributed by atoms with van der Waals surface area (Å²) < 4.78 is 0.909. The molecule has 0 aliphatic carbocycles. The molecular formula is C13H11BrClN. The second-order valence-electron chi connectivity index (χ2n) is 3.47. The van der Waals surface area contributed by atoms with Crippen molar-refractivity contribution in [2.24, 2.45) is 0 Å². The Morgan fingerprint density at radius 2 is 1.81 bits per heavy atom. The number of hydrogen-bond acceptors (Lipinski definition) is 1. The fourth-order valence-electron chi connectivity index (χ4n) is 1.41. The molecule has 0 heterocycles. The smallest absolute Gasteiger partial charge is 0.0549 e. The Morgan fingerprint density at radius 3 is 2.50 bits per heavy atom. The topological polar surface area (TPSA) is 12.0 Å². The number of halogens is 2. The van der Waals surface area contributed by atoms with Crippen molar-refractivity contribution >= 4 is 33.2 Å². The first-order valence-corrected chi connectivity index (χ1v) is 6.15. The normalized spacial score (nSPS) is 10.1. The molecule has 2 aromatic carbocycles. The third-order valence-corrected chi connectivity index (χ3v) is 3.47. The maximum Gasteiger partial charge on any atom is 0.0549 e. The van der Waals surface area contributed by atoms with E-state index in [1.54, 1.807) is 0 Å². The third kappa shape index (κ3) is 3.00. The molecule has 0 bridgehead atoms. The van der Waals surface area contributed by atoms with E-state index < -0.39 is 0 Å². The third-order valence-electron chi connectivity index (χ3n) is 2.26. The first-order valence-electron chi connectivity index (χ1n) is 4.98. The lowest BCUT2D eigenvalue weighted by Gasteiger charge is -2.07. The Morgan fingerprint density at radius 1 is 1.06 bits per heavy atom. The highest BCUT2D eigenvalue weighted by Gasteiger charge is 1.98. The van der Waals surface area contributed by atoms with Crippen LogP contribution in [0.5, 0.6) is 0 Å². The number of rotatable bonds is 3. The van der Waals surface area contributed by atoms with Crippen LogP contribution < -0.4 is 5.32 Å². The van der Waals surface area contributed by atoms with Crippen LogP contribution >= 0.6 is 27.5 Å². The standard InChI is InChI=1S/C13H11BrClN/c14-12-8-11(6-7-13(12)15)16-9-10-4-2-1-3-5-10/h1-8,16H,9H2. The summed E-state index contributed by atoms with van der Waals surface area (Å²) in [6.45, 7) is 0.814. The SMILES string of the molecule is Clc1ccc(NCc2ccccc2)cc1Br. The summed E-state index contributed by atoms with van der Waals surface area (Å²) in [7, 11) is 0. The van der Waals surface area contributed by atoms with Crippen molar-refractivity contribution in [3.8, 4) is 0 Å². The predicted octanol–water partition coefficient (Wildman–Crippen LogP) is 4.71. The van der Waals surface area contributed by atoms with Crippen LogP contribution in [0.25, 0.3) is 0 Å². The van der Waals surface area contributed by atoms with Gasteiger partial charge in [-0.2, -0.15) is 0 Å². The molecule has 0 saturated heterocycles. The lowest BCUT2D eigenvalue weighted by atomic mass is 10.2. The fraction of sp³-hybridized carbons (Fsp3) is 0.0769. The fourth-order valence-corrected chi connectivity index (χ4v) is 1.90. The molecule has 1 nitrogen and oxygen atoms in total. The van der Waals surface area contributed by atoms with Crippen LogP contribution in [0, 0.1) is 0 Å². The average Bonchev–Trinajstić information content (AvgIpc) is 2.32. The van der Waals surface area contributed by atoms with Crippen molar-refractivity contribution < 1.29 is 0 Å². The maximum absolute atomic E-state index is 5.92. The van der Waals surface area contributed by atoms with Gasteiger partial charge in [-0.1, -0.05) is 41.9 Å². The molecule has 16 heavy (non-hydrogen) atoms. The van der Waals surface area contributed by atoms with Crippen LogP contribution in [-0.2, 0) is 6.54 Å². The molecule has 0 aliphatic heterocycles. The van der Waals surface area contributed by atoms with Gasteiger partial charge in [0.25, 0.3) is 0 Å². The van der Waals surface area contributed by atoms with Crippen LogP contribution in [0.15, 0.2) is 53.0 Å². The molecular weight excluding hydrogens is 286 g/mol. The highest BCUT2D eigenvalue weighted by molar-refractivity contribution is 9.10. The molecule has 0 amide bonds. The van der Waals surface area contributed by atoms with Crippen molar-refractivity contribution in [2.75, 3.05) is 5.32 Å². The van der Waals surface area contributed by atoms with E-state index in [2.05, 4.69) is 33.4 Å². The summed E-state index contributed by atoms with van der Waals surface area (Å²) in [5, 5.41) is 4.07. The Labute approximate surface area is 109 Å². The van der Waals surface area contributed by atoms with Crippen LogP contribution in [0.4, 0.5) is 5.69 Å². The maximum atomic E-state index is 5.92. The Balaban J connectivity index is 2.03. The van der Waals surface area contributed by atoms with E-state index in [-0.39, 0.29) is 0 Å². The molecule has 3 heteroatoms. The molecule has 0 atom stereocenters.